The zero-order valence-electron chi connectivity index (χ0n) is 12.7. The molecule has 3 aromatic rings. The molecule has 0 bridgehead atoms. The molecule has 0 unspecified atom stereocenters. The van der Waals surface area contributed by atoms with Crippen molar-refractivity contribution in [3.05, 3.63) is 34.6 Å². The zero-order chi connectivity index (χ0) is 15.3. The van der Waals surface area contributed by atoms with Gasteiger partial charge in [-0.1, -0.05) is 37.5 Å². The number of pyridine rings is 1. The molecule has 2 N–H and O–H groups in total. The fraction of sp³-hybridized carbons (Fsp3) is 0.412. The first-order valence-electron chi connectivity index (χ1n) is 7.94. The summed E-state index contributed by atoms with van der Waals surface area (Å²) in [5.41, 5.74) is 7.08. The van der Waals surface area contributed by atoms with Crippen molar-refractivity contribution < 1.29 is 0 Å². The number of nitrogens with two attached hydrogens (primary N) is 1. The summed E-state index contributed by atoms with van der Waals surface area (Å²) in [4.78, 5) is 13.1. The molecule has 0 saturated heterocycles. The topological polar surface area (TPSA) is 65.8 Å². The Morgan fingerprint density at radius 1 is 1.14 bits per heavy atom. The largest absolute Gasteiger partial charge is 0.382 e. The van der Waals surface area contributed by atoms with Gasteiger partial charge in [0.2, 0.25) is 0 Å². The average Bonchev–Trinajstić information content (AvgIpc) is 2.84. The highest BCUT2D eigenvalue weighted by molar-refractivity contribution is 6.09. The third-order valence-electron chi connectivity index (χ3n) is 4.86. The van der Waals surface area contributed by atoms with Crippen molar-refractivity contribution in [2.75, 3.05) is 5.73 Å². The maximum Gasteiger partial charge on any atom is 0.260 e. The van der Waals surface area contributed by atoms with Crippen LogP contribution in [0, 0.1) is 0 Å². The number of aromatic nitrogens is 3. The number of nitrogens with zero attached hydrogens (tertiary/aromatic N) is 3. The highest BCUT2D eigenvalue weighted by Crippen LogP contribution is 2.33. The number of nitrogen functional groups attached to an aromatic ring is 1. The van der Waals surface area contributed by atoms with E-state index in [0.29, 0.717) is 5.82 Å². The van der Waals surface area contributed by atoms with Crippen LogP contribution in [-0.4, -0.2) is 14.3 Å². The molecule has 0 spiro atoms. The third kappa shape index (κ3) is 1.78. The van der Waals surface area contributed by atoms with Gasteiger partial charge < -0.3 is 5.73 Å². The van der Waals surface area contributed by atoms with Crippen molar-refractivity contribution in [2.24, 2.45) is 7.05 Å². The number of benzene rings is 1. The molecule has 114 valence electrons. The molecule has 4 rings (SSSR count). The van der Waals surface area contributed by atoms with Crippen molar-refractivity contribution in [3.8, 4) is 0 Å². The fourth-order valence-electron chi connectivity index (χ4n) is 3.86. The molecule has 5 nitrogen and oxygen atoms in total. The Morgan fingerprint density at radius 3 is 2.55 bits per heavy atom. The van der Waals surface area contributed by atoms with Crippen LogP contribution in [0.2, 0.25) is 0 Å². The summed E-state index contributed by atoms with van der Waals surface area (Å²) >= 11 is 0. The molecule has 0 amide bonds. The van der Waals surface area contributed by atoms with Crippen LogP contribution in [0.5, 0.6) is 0 Å². The third-order valence-corrected chi connectivity index (χ3v) is 4.86. The second kappa shape index (κ2) is 4.87. The van der Waals surface area contributed by atoms with Crippen molar-refractivity contribution in [3.63, 3.8) is 0 Å². The molecule has 0 atom stereocenters. The lowest BCUT2D eigenvalue weighted by atomic mass is 9.94. The molecular weight excluding hydrogens is 276 g/mol. The lowest BCUT2D eigenvalue weighted by molar-refractivity contribution is 0.352. The number of hydrogen-bond acceptors (Lipinski definition) is 3. The minimum atomic E-state index is 0.0815. The van der Waals surface area contributed by atoms with E-state index in [1.54, 1.807) is 4.68 Å². The number of anilines is 1. The number of hydrogen-bond donors (Lipinski definition) is 1. The molecular formula is C17H20N4O. The van der Waals surface area contributed by atoms with Crippen LogP contribution in [0.4, 0.5) is 5.82 Å². The molecule has 1 fully saturated rings. The molecule has 22 heavy (non-hydrogen) atoms. The molecule has 2 heterocycles. The van der Waals surface area contributed by atoms with Gasteiger partial charge in [-0.25, -0.2) is 4.68 Å². The van der Waals surface area contributed by atoms with Gasteiger partial charge in [0.05, 0.1) is 5.39 Å². The van der Waals surface area contributed by atoms with E-state index < -0.39 is 0 Å². The SMILES string of the molecule is Cn1nc(N)c2c3ccccc3c(=O)n(C3CCCCC3)c21. The molecule has 1 saturated carbocycles. The normalized spacial score (nSPS) is 16.6. The zero-order valence-corrected chi connectivity index (χ0v) is 12.7. The first kappa shape index (κ1) is 13.4. The van der Waals surface area contributed by atoms with Crippen molar-refractivity contribution >= 4 is 27.6 Å². The van der Waals surface area contributed by atoms with E-state index in [4.69, 9.17) is 5.73 Å². The smallest absolute Gasteiger partial charge is 0.260 e. The van der Waals surface area contributed by atoms with Crippen molar-refractivity contribution in [1.82, 2.24) is 14.3 Å². The first-order valence-corrected chi connectivity index (χ1v) is 7.94. The van der Waals surface area contributed by atoms with Crippen LogP contribution in [-0.2, 0) is 7.05 Å². The molecule has 1 aliphatic rings. The number of aryl methyl sites for hydroxylation is 1. The van der Waals surface area contributed by atoms with Gasteiger partial charge in [-0.3, -0.25) is 9.36 Å². The Kier molecular flexibility index (Phi) is 2.96. The molecule has 1 aliphatic carbocycles. The highest BCUT2D eigenvalue weighted by atomic mass is 16.1. The maximum absolute atomic E-state index is 13.1. The van der Waals surface area contributed by atoms with E-state index in [0.717, 1.165) is 34.6 Å². The van der Waals surface area contributed by atoms with Crippen LogP contribution >= 0.6 is 0 Å². The lowest BCUT2D eigenvalue weighted by Crippen LogP contribution is -2.28. The summed E-state index contributed by atoms with van der Waals surface area (Å²) in [7, 11) is 1.87. The van der Waals surface area contributed by atoms with E-state index >= 15 is 0 Å². The second-order valence-corrected chi connectivity index (χ2v) is 6.22. The van der Waals surface area contributed by atoms with Gasteiger partial charge in [-0.15, -0.1) is 0 Å². The van der Waals surface area contributed by atoms with E-state index in [2.05, 4.69) is 5.10 Å². The molecule has 2 aromatic heterocycles. The van der Waals surface area contributed by atoms with Crippen LogP contribution in [0.25, 0.3) is 21.8 Å². The van der Waals surface area contributed by atoms with Crippen molar-refractivity contribution in [1.29, 1.82) is 0 Å². The first-order chi connectivity index (χ1) is 10.7. The van der Waals surface area contributed by atoms with Gasteiger partial charge in [0.1, 0.15) is 5.65 Å². The average molecular weight is 296 g/mol. The standard InChI is InChI=1S/C17H20N4O/c1-20-16-14(15(18)19-20)12-9-5-6-10-13(12)17(22)21(16)11-7-3-2-4-8-11/h5-6,9-11H,2-4,7-8H2,1H3,(H2,18,19). The summed E-state index contributed by atoms with van der Waals surface area (Å²) in [5.74, 6) is 0.498. The summed E-state index contributed by atoms with van der Waals surface area (Å²) in [6.45, 7) is 0. The van der Waals surface area contributed by atoms with Crippen LogP contribution in [0.3, 0.4) is 0 Å². The van der Waals surface area contributed by atoms with Crippen LogP contribution in [0.15, 0.2) is 29.1 Å². The monoisotopic (exact) mass is 296 g/mol. The Hall–Kier alpha value is -2.30. The molecule has 0 radical (unpaired) electrons. The van der Waals surface area contributed by atoms with Crippen LogP contribution < -0.4 is 11.3 Å². The van der Waals surface area contributed by atoms with E-state index in [1.807, 2.05) is 35.9 Å². The predicted octanol–water partition coefficient (Wildman–Crippen LogP) is 2.98. The Bertz CT molecular complexity index is 916. The van der Waals surface area contributed by atoms with Gasteiger partial charge in [0.25, 0.3) is 5.56 Å². The van der Waals surface area contributed by atoms with Gasteiger partial charge in [0, 0.05) is 23.9 Å². The van der Waals surface area contributed by atoms with E-state index in [1.165, 1.54) is 19.3 Å². The Labute approximate surface area is 128 Å². The summed E-state index contributed by atoms with van der Waals surface area (Å²) in [5, 5.41) is 6.92. The lowest BCUT2D eigenvalue weighted by Gasteiger charge is -2.25. The highest BCUT2D eigenvalue weighted by Gasteiger charge is 2.23. The minimum absolute atomic E-state index is 0.0815. The van der Waals surface area contributed by atoms with Crippen molar-refractivity contribution in [2.45, 2.75) is 38.1 Å². The summed E-state index contributed by atoms with van der Waals surface area (Å²) in [6.07, 6.45) is 5.73. The molecule has 0 aliphatic heterocycles. The van der Waals surface area contributed by atoms with Gasteiger partial charge >= 0.3 is 0 Å². The van der Waals surface area contributed by atoms with Crippen LogP contribution in [0.1, 0.15) is 38.1 Å². The number of fused-ring (bicyclic) bond motifs is 3. The molecule has 5 heteroatoms. The van der Waals surface area contributed by atoms with E-state index in [9.17, 15) is 4.79 Å². The minimum Gasteiger partial charge on any atom is -0.382 e. The maximum atomic E-state index is 13.1. The fourth-order valence-corrected chi connectivity index (χ4v) is 3.86. The Balaban J connectivity index is 2.17. The van der Waals surface area contributed by atoms with Gasteiger partial charge in [-0.05, 0) is 18.9 Å². The molecule has 1 aromatic carbocycles. The van der Waals surface area contributed by atoms with Gasteiger partial charge in [-0.2, -0.15) is 5.10 Å². The second-order valence-electron chi connectivity index (χ2n) is 6.22. The number of rotatable bonds is 1. The summed E-state index contributed by atoms with van der Waals surface area (Å²) < 4.78 is 3.70. The quantitative estimate of drug-likeness (QED) is 0.750. The Morgan fingerprint density at radius 2 is 1.82 bits per heavy atom. The predicted molar refractivity (Wildman–Crippen MR) is 89.0 cm³/mol. The summed E-state index contributed by atoms with van der Waals surface area (Å²) in [6, 6.07) is 7.96. The van der Waals surface area contributed by atoms with Gasteiger partial charge in [0.15, 0.2) is 5.82 Å². The van der Waals surface area contributed by atoms with E-state index in [-0.39, 0.29) is 11.6 Å².